The van der Waals surface area contributed by atoms with E-state index in [2.05, 4.69) is 29.4 Å². The van der Waals surface area contributed by atoms with E-state index in [1.54, 1.807) is 0 Å². The molecular formula is C15H24N2O. The molecule has 2 N–H and O–H groups in total. The molecule has 1 heterocycles. The standard InChI is InChI=1S/C15H24N2O/c1-17-9-2-3-15(8-10-17)16-11-13-4-6-14(12-18)7-5-13/h4-7,15-16,18H,2-3,8-12H2,1H3. The first-order valence-corrected chi connectivity index (χ1v) is 6.88. The second-order valence-electron chi connectivity index (χ2n) is 5.29. The summed E-state index contributed by atoms with van der Waals surface area (Å²) in [6.07, 6.45) is 3.81. The van der Waals surface area contributed by atoms with Crippen molar-refractivity contribution < 1.29 is 5.11 Å². The number of rotatable bonds is 4. The fraction of sp³-hybridized carbons (Fsp3) is 0.600. The summed E-state index contributed by atoms with van der Waals surface area (Å²) >= 11 is 0. The number of benzene rings is 1. The predicted molar refractivity (Wildman–Crippen MR) is 74.3 cm³/mol. The first kappa shape index (κ1) is 13.5. The highest BCUT2D eigenvalue weighted by Crippen LogP contribution is 2.11. The monoisotopic (exact) mass is 248 g/mol. The van der Waals surface area contributed by atoms with Gasteiger partial charge in [-0.05, 0) is 50.5 Å². The van der Waals surface area contributed by atoms with Gasteiger partial charge in [-0.1, -0.05) is 24.3 Å². The number of aliphatic hydroxyl groups excluding tert-OH is 1. The lowest BCUT2D eigenvalue weighted by molar-refractivity contribution is 0.282. The zero-order valence-electron chi connectivity index (χ0n) is 11.2. The minimum Gasteiger partial charge on any atom is -0.392 e. The second-order valence-corrected chi connectivity index (χ2v) is 5.29. The van der Waals surface area contributed by atoms with Crippen LogP contribution in [0.15, 0.2) is 24.3 Å². The van der Waals surface area contributed by atoms with Crippen LogP contribution in [-0.2, 0) is 13.2 Å². The summed E-state index contributed by atoms with van der Waals surface area (Å²) in [5.74, 6) is 0. The number of nitrogens with one attached hydrogen (secondary N) is 1. The van der Waals surface area contributed by atoms with Gasteiger partial charge in [-0.25, -0.2) is 0 Å². The van der Waals surface area contributed by atoms with Crippen molar-refractivity contribution in [3.8, 4) is 0 Å². The molecule has 1 aliphatic heterocycles. The molecule has 1 aromatic carbocycles. The molecular weight excluding hydrogens is 224 g/mol. The van der Waals surface area contributed by atoms with Crippen molar-refractivity contribution in [1.82, 2.24) is 10.2 Å². The number of nitrogens with zero attached hydrogens (tertiary/aromatic N) is 1. The normalized spacial score (nSPS) is 21.8. The van der Waals surface area contributed by atoms with Gasteiger partial charge in [0.2, 0.25) is 0 Å². The summed E-state index contributed by atoms with van der Waals surface area (Å²) in [5.41, 5.74) is 2.28. The summed E-state index contributed by atoms with van der Waals surface area (Å²) < 4.78 is 0. The van der Waals surface area contributed by atoms with Crippen molar-refractivity contribution in [3.63, 3.8) is 0 Å². The van der Waals surface area contributed by atoms with Crippen LogP contribution in [-0.4, -0.2) is 36.2 Å². The summed E-state index contributed by atoms with van der Waals surface area (Å²) in [6.45, 7) is 3.48. The number of hydrogen-bond donors (Lipinski definition) is 2. The highest BCUT2D eigenvalue weighted by Gasteiger charge is 2.13. The van der Waals surface area contributed by atoms with Crippen molar-refractivity contribution in [2.45, 2.75) is 38.5 Å². The largest absolute Gasteiger partial charge is 0.392 e. The zero-order valence-corrected chi connectivity index (χ0v) is 11.2. The van der Waals surface area contributed by atoms with Crippen LogP contribution in [0.3, 0.4) is 0 Å². The van der Waals surface area contributed by atoms with Crippen molar-refractivity contribution in [3.05, 3.63) is 35.4 Å². The first-order valence-electron chi connectivity index (χ1n) is 6.88. The Balaban J connectivity index is 1.79. The minimum atomic E-state index is 0.128. The lowest BCUT2D eigenvalue weighted by atomic mass is 10.1. The van der Waals surface area contributed by atoms with Crippen LogP contribution < -0.4 is 5.32 Å². The quantitative estimate of drug-likeness (QED) is 0.852. The van der Waals surface area contributed by atoms with Crippen molar-refractivity contribution in [2.24, 2.45) is 0 Å². The lowest BCUT2D eigenvalue weighted by Crippen LogP contribution is -2.29. The molecule has 1 saturated heterocycles. The van der Waals surface area contributed by atoms with Gasteiger partial charge in [-0.3, -0.25) is 0 Å². The molecule has 100 valence electrons. The Morgan fingerprint density at radius 3 is 2.61 bits per heavy atom. The molecule has 1 unspecified atom stereocenters. The van der Waals surface area contributed by atoms with Gasteiger partial charge in [0.05, 0.1) is 6.61 Å². The molecule has 18 heavy (non-hydrogen) atoms. The van der Waals surface area contributed by atoms with Crippen LogP contribution in [0.1, 0.15) is 30.4 Å². The average Bonchev–Trinajstić information content (AvgIpc) is 2.62. The lowest BCUT2D eigenvalue weighted by Gasteiger charge is -2.17. The SMILES string of the molecule is CN1CCCC(NCc2ccc(CO)cc2)CC1. The Morgan fingerprint density at radius 1 is 1.17 bits per heavy atom. The molecule has 1 aromatic rings. The van der Waals surface area contributed by atoms with Crippen LogP contribution in [0.25, 0.3) is 0 Å². The van der Waals surface area contributed by atoms with Crippen LogP contribution in [0.2, 0.25) is 0 Å². The molecule has 2 rings (SSSR count). The summed E-state index contributed by atoms with van der Waals surface area (Å²) in [4.78, 5) is 2.41. The maximum atomic E-state index is 9.00. The zero-order chi connectivity index (χ0) is 12.8. The third-order valence-corrected chi connectivity index (χ3v) is 3.75. The van der Waals surface area contributed by atoms with Crippen molar-refractivity contribution in [2.75, 3.05) is 20.1 Å². The minimum absolute atomic E-state index is 0.128. The van der Waals surface area contributed by atoms with Gasteiger partial charge < -0.3 is 15.3 Å². The molecule has 0 aromatic heterocycles. The Labute approximate surface area is 110 Å². The first-order chi connectivity index (χ1) is 8.78. The Hall–Kier alpha value is -0.900. The average molecular weight is 248 g/mol. The number of aliphatic hydroxyl groups is 1. The van der Waals surface area contributed by atoms with Gasteiger partial charge in [0.15, 0.2) is 0 Å². The Morgan fingerprint density at radius 2 is 1.89 bits per heavy atom. The molecule has 1 fully saturated rings. The molecule has 1 atom stereocenters. The molecule has 0 saturated carbocycles. The molecule has 3 heteroatoms. The van der Waals surface area contributed by atoms with Crippen LogP contribution >= 0.6 is 0 Å². The van der Waals surface area contributed by atoms with Crippen LogP contribution in [0.5, 0.6) is 0 Å². The molecule has 0 radical (unpaired) electrons. The Kier molecular flexibility index (Phi) is 5.17. The Bertz CT molecular complexity index is 350. The molecule has 0 amide bonds. The fourth-order valence-corrected chi connectivity index (χ4v) is 2.47. The van der Waals surface area contributed by atoms with Gasteiger partial charge >= 0.3 is 0 Å². The topological polar surface area (TPSA) is 35.5 Å². The summed E-state index contributed by atoms with van der Waals surface area (Å²) in [5, 5.41) is 12.6. The molecule has 0 spiro atoms. The highest BCUT2D eigenvalue weighted by atomic mass is 16.3. The number of likely N-dealkylation sites (tertiary alicyclic amines) is 1. The van der Waals surface area contributed by atoms with Crippen molar-refractivity contribution in [1.29, 1.82) is 0 Å². The summed E-state index contributed by atoms with van der Waals surface area (Å²) in [6, 6.07) is 8.84. The summed E-state index contributed by atoms with van der Waals surface area (Å²) in [7, 11) is 2.20. The number of hydrogen-bond acceptors (Lipinski definition) is 3. The van der Waals surface area contributed by atoms with E-state index in [1.807, 2.05) is 12.1 Å². The van der Waals surface area contributed by atoms with E-state index in [1.165, 1.54) is 37.9 Å². The van der Waals surface area contributed by atoms with E-state index >= 15 is 0 Å². The maximum absolute atomic E-state index is 9.00. The van der Waals surface area contributed by atoms with Gasteiger partial charge in [0.25, 0.3) is 0 Å². The van der Waals surface area contributed by atoms with E-state index in [0.29, 0.717) is 6.04 Å². The fourth-order valence-electron chi connectivity index (χ4n) is 2.47. The van der Waals surface area contributed by atoms with Gasteiger partial charge in [-0.2, -0.15) is 0 Å². The van der Waals surface area contributed by atoms with E-state index in [0.717, 1.165) is 12.1 Å². The van der Waals surface area contributed by atoms with Gasteiger partial charge in [-0.15, -0.1) is 0 Å². The highest BCUT2D eigenvalue weighted by molar-refractivity contribution is 5.21. The third-order valence-electron chi connectivity index (χ3n) is 3.75. The molecule has 1 aliphatic rings. The van der Waals surface area contributed by atoms with E-state index < -0.39 is 0 Å². The smallest absolute Gasteiger partial charge is 0.0681 e. The van der Waals surface area contributed by atoms with Gasteiger partial charge in [0, 0.05) is 12.6 Å². The second kappa shape index (κ2) is 6.88. The molecule has 3 nitrogen and oxygen atoms in total. The predicted octanol–water partition coefficient (Wildman–Crippen LogP) is 1.75. The van der Waals surface area contributed by atoms with E-state index in [9.17, 15) is 0 Å². The van der Waals surface area contributed by atoms with Gasteiger partial charge in [0.1, 0.15) is 0 Å². The van der Waals surface area contributed by atoms with Crippen molar-refractivity contribution >= 4 is 0 Å². The maximum Gasteiger partial charge on any atom is 0.0681 e. The van der Waals surface area contributed by atoms with E-state index in [-0.39, 0.29) is 6.61 Å². The molecule has 0 aliphatic carbocycles. The molecule has 0 bridgehead atoms. The van der Waals surface area contributed by atoms with Crippen LogP contribution in [0, 0.1) is 0 Å². The third kappa shape index (κ3) is 4.09. The van der Waals surface area contributed by atoms with Crippen LogP contribution in [0.4, 0.5) is 0 Å². The van der Waals surface area contributed by atoms with E-state index in [4.69, 9.17) is 5.11 Å².